The molecule has 2 amide bonds. The van der Waals surface area contributed by atoms with Crippen LogP contribution in [0.4, 0.5) is 4.79 Å². The number of rotatable bonds is 6. The molecular formula is C12H17N3O3. The molecule has 1 heterocycles. The first-order chi connectivity index (χ1) is 8.63. The van der Waals surface area contributed by atoms with E-state index in [-0.39, 0.29) is 0 Å². The van der Waals surface area contributed by atoms with Crippen molar-refractivity contribution in [1.29, 1.82) is 0 Å². The molecule has 0 saturated carbocycles. The summed E-state index contributed by atoms with van der Waals surface area (Å²) in [5.74, 6) is -1.02. The highest BCUT2D eigenvalue weighted by Crippen LogP contribution is 1.97. The van der Waals surface area contributed by atoms with Crippen molar-refractivity contribution in [3.8, 4) is 0 Å². The molecule has 0 radical (unpaired) electrons. The van der Waals surface area contributed by atoms with Crippen molar-refractivity contribution in [3.05, 3.63) is 30.1 Å². The van der Waals surface area contributed by atoms with Gasteiger partial charge in [0.2, 0.25) is 0 Å². The summed E-state index contributed by atoms with van der Waals surface area (Å²) in [6.07, 6.45) is 4.39. The number of nitrogens with zero attached hydrogens (tertiary/aromatic N) is 1. The van der Waals surface area contributed by atoms with Crippen molar-refractivity contribution in [3.63, 3.8) is 0 Å². The number of hydrogen-bond acceptors (Lipinski definition) is 3. The Bertz CT molecular complexity index is 395. The number of nitrogens with one attached hydrogen (secondary N) is 2. The van der Waals surface area contributed by atoms with Crippen molar-refractivity contribution in [2.24, 2.45) is 0 Å². The minimum atomic E-state index is -1.02. The minimum Gasteiger partial charge on any atom is -0.480 e. The number of pyridine rings is 1. The molecule has 6 heteroatoms. The van der Waals surface area contributed by atoms with Crippen LogP contribution in [0.15, 0.2) is 24.5 Å². The lowest BCUT2D eigenvalue weighted by Crippen LogP contribution is -2.45. The molecule has 0 aromatic carbocycles. The van der Waals surface area contributed by atoms with Crippen LogP contribution < -0.4 is 10.6 Å². The fourth-order valence-corrected chi connectivity index (χ4v) is 1.44. The van der Waals surface area contributed by atoms with Gasteiger partial charge < -0.3 is 15.7 Å². The van der Waals surface area contributed by atoms with Crippen LogP contribution in [0, 0.1) is 0 Å². The average Bonchev–Trinajstić information content (AvgIpc) is 2.37. The minimum absolute atomic E-state index is 0.318. The fraction of sp³-hybridized carbons (Fsp3) is 0.417. The summed E-state index contributed by atoms with van der Waals surface area (Å²) in [4.78, 5) is 26.3. The van der Waals surface area contributed by atoms with E-state index in [2.05, 4.69) is 15.6 Å². The van der Waals surface area contributed by atoms with Gasteiger partial charge in [0.1, 0.15) is 6.04 Å². The van der Waals surface area contributed by atoms with Crippen molar-refractivity contribution in [2.75, 3.05) is 0 Å². The average molecular weight is 251 g/mol. The van der Waals surface area contributed by atoms with Crippen LogP contribution in [0.5, 0.6) is 0 Å². The molecule has 1 atom stereocenters. The maximum Gasteiger partial charge on any atom is 0.326 e. The van der Waals surface area contributed by atoms with Crippen molar-refractivity contribution in [1.82, 2.24) is 15.6 Å². The van der Waals surface area contributed by atoms with E-state index in [4.69, 9.17) is 5.11 Å². The molecule has 98 valence electrons. The molecule has 3 N–H and O–H groups in total. The van der Waals surface area contributed by atoms with E-state index in [1.807, 2.05) is 13.0 Å². The van der Waals surface area contributed by atoms with Crippen LogP contribution in [0.3, 0.4) is 0 Å². The summed E-state index contributed by atoms with van der Waals surface area (Å²) in [6.45, 7) is 2.18. The Hall–Kier alpha value is -2.11. The van der Waals surface area contributed by atoms with Gasteiger partial charge in [-0.25, -0.2) is 9.59 Å². The third-order valence-corrected chi connectivity index (χ3v) is 2.36. The Morgan fingerprint density at radius 2 is 2.28 bits per heavy atom. The fourth-order valence-electron chi connectivity index (χ4n) is 1.44. The Labute approximate surface area is 105 Å². The quantitative estimate of drug-likeness (QED) is 0.707. The van der Waals surface area contributed by atoms with Gasteiger partial charge in [-0.15, -0.1) is 0 Å². The van der Waals surface area contributed by atoms with Crippen molar-refractivity contribution < 1.29 is 14.7 Å². The third-order valence-electron chi connectivity index (χ3n) is 2.36. The van der Waals surface area contributed by atoms with E-state index in [1.165, 1.54) is 0 Å². The monoisotopic (exact) mass is 251 g/mol. The smallest absolute Gasteiger partial charge is 0.326 e. The molecular weight excluding hydrogens is 234 g/mol. The molecule has 0 spiro atoms. The molecule has 0 aliphatic heterocycles. The Balaban J connectivity index is 2.39. The van der Waals surface area contributed by atoms with Gasteiger partial charge in [-0.3, -0.25) is 4.98 Å². The molecule has 18 heavy (non-hydrogen) atoms. The number of hydrogen-bond donors (Lipinski definition) is 3. The number of carboxylic acid groups (broad SMARTS) is 1. The molecule has 0 aliphatic carbocycles. The van der Waals surface area contributed by atoms with Crippen LogP contribution in [0.25, 0.3) is 0 Å². The largest absolute Gasteiger partial charge is 0.480 e. The van der Waals surface area contributed by atoms with Gasteiger partial charge in [-0.2, -0.15) is 0 Å². The van der Waals surface area contributed by atoms with Crippen LogP contribution in [0.1, 0.15) is 25.3 Å². The third kappa shape index (κ3) is 4.82. The highest BCUT2D eigenvalue weighted by atomic mass is 16.4. The van der Waals surface area contributed by atoms with E-state index in [0.29, 0.717) is 19.4 Å². The summed E-state index contributed by atoms with van der Waals surface area (Å²) in [5, 5.41) is 13.9. The standard InChI is InChI=1S/C12H17N3O3/c1-2-4-10(11(16)17)15-12(18)14-8-9-5-3-6-13-7-9/h3,5-7,10H,2,4,8H2,1H3,(H,16,17)(H2,14,15,18). The van der Waals surface area contributed by atoms with Crippen molar-refractivity contribution in [2.45, 2.75) is 32.4 Å². The number of urea groups is 1. The lowest BCUT2D eigenvalue weighted by molar-refractivity contribution is -0.139. The molecule has 0 saturated heterocycles. The zero-order chi connectivity index (χ0) is 13.4. The molecule has 6 nitrogen and oxygen atoms in total. The number of aliphatic carboxylic acids is 1. The van der Waals surface area contributed by atoms with Gasteiger partial charge in [-0.05, 0) is 18.1 Å². The topological polar surface area (TPSA) is 91.3 Å². The maximum atomic E-state index is 11.5. The zero-order valence-electron chi connectivity index (χ0n) is 10.2. The lowest BCUT2D eigenvalue weighted by Gasteiger charge is -2.14. The second kappa shape index (κ2) is 7.26. The summed E-state index contributed by atoms with van der Waals surface area (Å²) in [7, 11) is 0. The van der Waals surface area contributed by atoms with Crippen molar-refractivity contribution >= 4 is 12.0 Å². The van der Waals surface area contributed by atoms with E-state index in [9.17, 15) is 9.59 Å². The maximum absolute atomic E-state index is 11.5. The van der Waals surface area contributed by atoms with Gasteiger partial charge >= 0.3 is 12.0 Å². The molecule has 1 rings (SSSR count). The highest BCUT2D eigenvalue weighted by Gasteiger charge is 2.18. The van der Waals surface area contributed by atoms with Gasteiger partial charge in [0.15, 0.2) is 0 Å². The van der Waals surface area contributed by atoms with E-state index < -0.39 is 18.0 Å². The van der Waals surface area contributed by atoms with Gasteiger partial charge in [-0.1, -0.05) is 19.4 Å². The van der Waals surface area contributed by atoms with E-state index in [1.54, 1.807) is 18.5 Å². The molecule has 0 aliphatic rings. The molecule has 0 fully saturated rings. The van der Waals surface area contributed by atoms with Gasteiger partial charge in [0.25, 0.3) is 0 Å². The van der Waals surface area contributed by atoms with Gasteiger partial charge in [0.05, 0.1) is 0 Å². The van der Waals surface area contributed by atoms with Gasteiger partial charge in [0, 0.05) is 18.9 Å². The number of carbonyl (C=O) groups excluding carboxylic acids is 1. The molecule has 0 bridgehead atoms. The van der Waals surface area contributed by atoms with E-state index in [0.717, 1.165) is 5.56 Å². The SMILES string of the molecule is CCCC(NC(=O)NCc1cccnc1)C(=O)O. The predicted octanol–water partition coefficient (Wildman–Crippen LogP) is 1.13. The van der Waals surface area contributed by atoms with Crippen LogP contribution in [-0.2, 0) is 11.3 Å². The Kier molecular flexibility index (Phi) is 5.63. The van der Waals surface area contributed by atoms with E-state index >= 15 is 0 Å². The molecule has 1 aromatic heterocycles. The highest BCUT2D eigenvalue weighted by molar-refractivity contribution is 5.82. The lowest BCUT2D eigenvalue weighted by atomic mass is 10.2. The number of carbonyl (C=O) groups is 2. The van der Waals surface area contributed by atoms with Crippen LogP contribution in [0.2, 0.25) is 0 Å². The summed E-state index contributed by atoms with van der Waals surface area (Å²) >= 11 is 0. The molecule has 1 aromatic rings. The number of amides is 2. The summed E-state index contributed by atoms with van der Waals surface area (Å²) in [6, 6.07) is 2.27. The normalized spacial score (nSPS) is 11.6. The second-order valence-corrected chi connectivity index (χ2v) is 3.87. The van der Waals surface area contributed by atoms with Crippen LogP contribution in [-0.4, -0.2) is 28.1 Å². The first-order valence-corrected chi connectivity index (χ1v) is 5.79. The second-order valence-electron chi connectivity index (χ2n) is 3.87. The number of aromatic nitrogens is 1. The summed E-state index contributed by atoms with van der Waals surface area (Å²) in [5.41, 5.74) is 0.856. The Morgan fingerprint density at radius 1 is 1.50 bits per heavy atom. The predicted molar refractivity (Wildman–Crippen MR) is 65.9 cm³/mol. The molecule has 1 unspecified atom stereocenters. The van der Waals surface area contributed by atoms with Crippen LogP contribution >= 0.6 is 0 Å². The zero-order valence-corrected chi connectivity index (χ0v) is 10.2. The first kappa shape index (κ1) is 14.0. The Morgan fingerprint density at radius 3 is 2.83 bits per heavy atom. The summed E-state index contributed by atoms with van der Waals surface area (Å²) < 4.78 is 0. The first-order valence-electron chi connectivity index (χ1n) is 5.79. The number of carboxylic acids is 1.